The molecule has 1 amide bonds. The van der Waals surface area contributed by atoms with Crippen LogP contribution in [0.4, 0.5) is 0 Å². The highest BCUT2D eigenvalue weighted by Crippen LogP contribution is 2.32. The summed E-state index contributed by atoms with van der Waals surface area (Å²) in [4.78, 5) is 18.8. The molecule has 0 spiro atoms. The number of ether oxygens (including phenoxy) is 1. The third kappa shape index (κ3) is 2.97. The number of carbonyl (C=O) groups is 1. The van der Waals surface area contributed by atoms with Crippen molar-refractivity contribution in [2.24, 2.45) is 0 Å². The van der Waals surface area contributed by atoms with Crippen molar-refractivity contribution in [1.82, 2.24) is 9.88 Å². The Hall–Kier alpha value is -1.11. The van der Waals surface area contributed by atoms with Crippen LogP contribution in [0.3, 0.4) is 0 Å². The summed E-state index contributed by atoms with van der Waals surface area (Å²) in [5.41, 5.74) is 1.01. The van der Waals surface area contributed by atoms with Gasteiger partial charge in [-0.05, 0) is 19.1 Å². The van der Waals surface area contributed by atoms with Crippen LogP contribution in [0.1, 0.15) is 6.92 Å². The maximum absolute atomic E-state index is 12.3. The third-order valence-corrected chi connectivity index (χ3v) is 5.44. The number of thioether (sulfide) groups is 1. The number of aromatic nitrogens is 1. The fourth-order valence-electron chi connectivity index (χ4n) is 2.14. The zero-order valence-corrected chi connectivity index (χ0v) is 12.9. The number of nitrogens with zero attached hydrogens (tertiary/aromatic N) is 2. The second kappa shape index (κ2) is 6.11. The zero-order chi connectivity index (χ0) is 13.9. The van der Waals surface area contributed by atoms with Crippen LogP contribution < -0.4 is 0 Å². The minimum Gasteiger partial charge on any atom is -0.378 e. The first-order valence-corrected chi connectivity index (χ1v) is 8.32. The number of carbonyl (C=O) groups excluding carboxylic acids is 1. The highest BCUT2D eigenvalue weighted by atomic mass is 32.2. The smallest absolute Gasteiger partial charge is 0.236 e. The minimum atomic E-state index is -0.103. The van der Waals surface area contributed by atoms with Crippen LogP contribution in [-0.4, -0.2) is 47.3 Å². The first kappa shape index (κ1) is 13.9. The Balaban J connectivity index is 1.68. The molecule has 1 aliphatic rings. The van der Waals surface area contributed by atoms with Crippen LogP contribution in [-0.2, 0) is 9.53 Å². The molecule has 0 saturated carbocycles. The number of benzene rings is 1. The summed E-state index contributed by atoms with van der Waals surface area (Å²) in [6.45, 7) is 4.64. The molecule has 1 atom stereocenters. The van der Waals surface area contributed by atoms with Crippen molar-refractivity contribution in [3.05, 3.63) is 24.3 Å². The second-order valence-electron chi connectivity index (χ2n) is 4.65. The van der Waals surface area contributed by atoms with Crippen molar-refractivity contribution in [2.45, 2.75) is 16.5 Å². The van der Waals surface area contributed by atoms with E-state index in [1.54, 1.807) is 23.1 Å². The highest BCUT2D eigenvalue weighted by molar-refractivity contribution is 8.02. The molecule has 0 unspecified atom stereocenters. The molecule has 20 heavy (non-hydrogen) atoms. The van der Waals surface area contributed by atoms with Crippen LogP contribution in [0.25, 0.3) is 10.2 Å². The molecule has 1 aliphatic heterocycles. The van der Waals surface area contributed by atoms with Crippen molar-refractivity contribution in [3.8, 4) is 0 Å². The number of thiazole rings is 1. The molecule has 1 aromatic carbocycles. The molecule has 1 fully saturated rings. The van der Waals surface area contributed by atoms with E-state index >= 15 is 0 Å². The first-order valence-electron chi connectivity index (χ1n) is 6.63. The number of amides is 1. The molecule has 0 bridgehead atoms. The molecular weight excluding hydrogens is 292 g/mol. The van der Waals surface area contributed by atoms with E-state index in [9.17, 15) is 4.79 Å². The van der Waals surface area contributed by atoms with Gasteiger partial charge in [0, 0.05) is 13.1 Å². The molecule has 3 rings (SSSR count). The lowest BCUT2D eigenvalue weighted by atomic mass is 10.3. The summed E-state index contributed by atoms with van der Waals surface area (Å²) >= 11 is 3.19. The van der Waals surface area contributed by atoms with E-state index < -0.39 is 0 Å². The minimum absolute atomic E-state index is 0.103. The van der Waals surface area contributed by atoms with Crippen LogP contribution in [0.2, 0.25) is 0 Å². The zero-order valence-electron chi connectivity index (χ0n) is 11.2. The second-order valence-corrected chi connectivity index (χ2v) is 7.26. The number of rotatable bonds is 3. The standard InChI is InChI=1S/C14H16N2O2S2/c1-10(13(17)16-6-8-18-9-7-16)19-14-15-11-4-2-3-5-12(11)20-14/h2-5,10H,6-9H2,1H3/t10-/m1/s1. The lowest BCUT2D eigenvalue weighted by Crippen LogP contribution is -2.44. The number of fused-ring (bicyclic) bond motifs is 1. The summed E-state index contributed by atoms with van der Waals surface area (Å²) < 4.78 is 7.40. The third-order valence-electron chi connectivity index (χ3n) is 3.22. The Morgan fingerprint density at radius 2 is 2.15 bits per heavy atom. The largest absolute Gasteiger partial charge is 0.378 e. The molecule has 2 aromatic rings. The van der Waals surface area contributed by atoms with Crippen LogP contribution in [0.5, 0.6) is 0 Å². The average molecular weight is 308 g/mol. The lowest BCUT2D eigenvalue weighted by Gasteiger charge is -2.28. The molecule has 4 nitrogen and oxygen atoms in total. The quantitative estimate of drug-likeness (QED) is 0.818. The summed E-state index contributed by atoms with van der Waals surface area (Å²) in [6, 6.07) is 8.06. The van der Waals surface area contributed by atoms with E-state index in [1.807, 2.05) is 30.0 Å². The highest BCUT2D eigenvalue weighted by Gasteiger charge is 2.24. The molecule has 0 radical (unpaired) electrons. The number of hydrogen-bond acceptors (Lipinski definition) is 5. The SMILES string of the molecule is C[C@@H](Sc1nc2ccccc2s1)C(=O)N1CCOCC1. The van der Waals surface area contributed by atoms with E-state index in [0.717, 1.165) is 9.86 Å². The van der Waals surface area contributed by atoms with Gasteiger partial charge in [0.15, 0.2) is 4.34 Å². The monoisotopic (exact) mass is 308 g/mol. The van der Waals surface area contributed by atoms with E-state index in [4.69, 9.17) is 4.74 Å². The number of morpholine rings is 1. The van der Waals surface area contributed by atoms with Gasteiger partial charge < -0.3 is 9.64 Å². The van der Waals surface area contributed by atoms with Crippen molar-refractivity contribution in [3.63, 3.8) is 0 Å². The van der Waals surface area contributed by atoms with E-state index in [2.05, 4.69) is 11.1 Å². The van der Waals surface area contributed by atoms with Crippen LogP contribution >= 0.6 is 23.1 Å². The Kier molecular flexibility index (Phi) is 4.24. The van der Waals surface area contributed by atoms with Gasteiger partial charge in [-0.2, -0.15) is 0 Å². The Morgan fingerprint density at radius 3 is 2.90 bits per heavy atom. The predicted molar refractivity (Wildman–Crippen MR) is 82.3 cm³/mol. The van der Waals surface area contributed by atoms with E-state index in [-0.39, 0.29) is 11.2 Å². The fourth-order valence-corrected chi connectivity index (χ4v) is 4.44. The van der Waals surface area contributed by atoms with Gasteiger partial charge in [0.1, 0.15) is 0 Å². The Bertz CT molecular complexity index is 575. The molecule has 106 valence electrons. The van der Waals surface area contributed by atoms with Gasteiger partial charge in [0.05, 0.1) is 28.7 Å². The van der Waals surface area contributed by atoms with Gasteiger partial charge in [-0.1, -0.05) is 23.9 Å². The van der Waals surface area contributed by atoms with E-state index in [1.165, 1.54) is 4.70 Å². The normalized spacial score (nSPS) is 17.4. The Labute approximate surface area is 126 Å². The average Bonchev–Trinajstić information content (AvgIpc) is 2.89. The number of para-hydroxylation sites is 1. The number of hydrogen-bond donors (Lipinski definition) is 0. The van der Waals surface area contributed by atoms with E-state index in [0.29, 0.717) is 26.3 Å². The summed E-state index contributed by atoms with van der Waals surface area (Å²) in [6.07, 6.45) is 0. The van der Waals surface area contributed by atoms with Gasteiger partial charge in [0.25, 0.3) is 0 Å². The maximum atomic E-state index is 12.3. The molecule has 0 N–H and O–H groups in total. The van der Waals surface area contributed by atoms with Crippen LogP contribution in [0.15, 0.2) is 28.6 Å². The summed E-state index contributed by atoms with van der Waals surface area (Å²) in [7, 11) is 0. The lowest BCUT2D eigenvalue weighted by molar-refractivity contribution is -0.134. The van der Waals surface area contributed by atoms with Crippen molar-refractivity contribution >= 4 is 39.2 Å². The molecule has 1 saturated heterocycles. The van der Waals surface area contributed by atoms with Crippen molar-refractivity contribution < 1.29 is 9.53 Å². The summed E-state index contributed by atoms with van der Waals surface area (Å²) in [5, 5.41) is -0.103. The molecule has 0 aliphatic carbocycles. The van der Waals surface area contributed by atoms with Crippen LogP contribution in [0, 0.1) is 0 Å². The maximum Gasteiger partial charge on any atom is 0.236 e. The van der Waals surface area contributed by atoms with Gasteiger partial charge in [-0.25, -0.2) is 4.98 Å². The van der Waals surface area contributed by atoms with Gasteiger partial charge in [-0.15, -0.1) is 11.3 Å². The summed E-state index contributed by atoms with van der Waals surface area (Å²) in [5.74, 6) is 0.178. The van der Waals surface area contributed by atoms with Gasteiger partial charge in [0.2, 0.25) is 5.91 Å². The molecule has 6 heteroatoms. The molecule has 1 aromatic heterocycles. The molecular formula is C14H16N2O2S2. The van der Waals surface area contributed by atoms with Crippen molar-refractivity contribution in [2.75, 3.05) is 26.3 Å². The topological polar surface area (TPSA) is 42.4 Å². The van der Waals surface area contributed by atoms with Gasteiger partial charge >= 0.3 is 0 Å². The Morgan fingerprint density at radius 1 is 1.40 bits per heavy atom. The predicted octanol–water partition coefficient (Wildman–Crippen LogP) is 2.64. The van der Waals surface area contributed by atoms with Crippen molar-refractivity contribution in [1.29, 1.82) is 0 Å². The fraction of sp³-hybridized carbons (Fsp3) is 0.429. The van der Waals surface area contributed by atoms with Gasteiger partial charge in [-0.3, -0.25) is 4.79 Å². The first-order chi connectivity index (χ1) is 9.74. The molecule has 2 heterocycles.